The number of nitro groups is 1. The summed E-state index contributed by atoms with van der Waals surface area (Å²) in [4.78, 5) is 10.2. The molecule has 3 aromatic rings. The first-order chi connectivity index (χ1) is 12.1. The first-order valence-corrected chi connectivity index (χ1v) is 7.41. The van der Waals surface area contributed by atoms with Gasteiger partial charge in [0.15, 0.2) is 11.6 Å². The lowest BCUT2D eigenvalue weighted by atomic mass is 10.1. The molecule has 0 aliphatic heterocycles. The third kappa shape index (κ3) is 3.28. The molecule has 7 nitrogen and oxygen atoms in total. The molecule has 1 aromatic heterocycles. The molecule has 0 radical (unpaired) electrons. The minimum Gasteiger partial charge on any atom is -0.310 e. The SMILES string of the molecule is Cn1c(/C(C#N)=C/c2ccc([N+](=O)[O-])cc2)nnc1-c1ccccc1. The summed E-state index contributed by atoms with van der Waals surface area (Å²) in [5.74, 6) is 1.08. The Morgan fingerprint density at radius 2 is 1.84 bits per heavy atom. The van der Waals surface area contributed by atoms with Gasteiger partial charge in [0.2, 0.25) is 0 Å². The fourth-order valence-electron chi connectivity index (χ4n) is 2.41. The summed E-state index contributed by atoms with van der Waals surface area (Å²) in [6.45, 7) is 0. The Balaban J connectivity index is 1.98. The molecule has 1 heterocycles. The van der Waals surface area contributed by atoms with Crippen LogP contribution in [0.25, 0.3) is 23.0 Å². The van der Waals surface area contributed by atoms with E-state index in [4.69, 9.17) is 0 Å². The lowest BCUT2D eigenvalue weighted by Crippen LogP contribution is -1.98. The zero-order chi connectivity index (χ0) is 17.8. The molecule has 0 saturated heterocycles. The van der Waals surface area contributed by atoms with E-state index in [1.807, 2.05) is 30.3 Å². The minimum atomic E-state index is -0.465. The Bertz CT molecular complexity index is 983. The highest BCUT2D eigenvalue weighted by Crippen LogP contribution is 2.22. The van der Waals surface area contributed by atoms with Gasteiger partial charge in [-0.1, -0.05) is 30.3 Å². The molecule has 0 amide bonds. The second-order valence-corrected chi connectivity index (χ2v) is 5.29. The second kappa shape index (κ2) is 6.76. The van der Waals surface area contributed by atoms with Crippen LogP contribution in [0.3, 0.4) is 0 Å². The smallest absolute Gasteiger partial charge is 0.269 e. The molecule has 3 rings (SSSR count). The number of benzene rings is 2. The van der Waals surface area contributed by atoms with Crippen molar-refractivity contribution in [2.24, 2.45) is 7.05 Å². The molecule has 0 aliphatic carbocycles. The fourth-order valence-corrected chi connectivity index (χ4v) is 2.41. The van der Waals surface area contributed by atoms with E-state index >= 15 is 0 Å². The topological polar surface area (TPSA) is 97.6 Å². The summed E-state index contributed by atoms with van der Waals surface area (Å²) >= 11 is 0. The summed E-state index contributed by atoms with van der Waals surface area (Å²) in [5.41, 5.74) is 1.90. The molecule has 0 N–H and O–H groups in total. The number of nitrogens with zero attached hydrogens (tertiary/aromatic N) is 5. The standard InChI is InChI=1S/C18H13N5O2/c1-22-17(14-5-3-2-4-6-14)20-21-18(22)15(12-19)11-13-7-9-16(10-8-13)23(24)25/h2-11H,1H3/b15-11+. The molecule has 25 heavy (non-hydrogen) atoms. The van der Waals surface area contributed by atoms with Gasteiger partial charge in [-0.3, -0.25) is 10.1 Å². The Morgan fingerprint density at radius 3 is 2.44 bits per heavy atom. The van der Waals surface area contributed by atoms with E-state index in [0.717, 1.165) is 5.56 Å². The zero-order valence-corrected chi connectivity index (χ0v) is 13.3. The number of allylic oxidation sites excluding steroid dienone is 1. The van der Waals surface area contributed by atoms with Crippen LogP contribution < -0.4 is 0 Å². The van der Waals surface area contributed by atoms with Gasteiger partial charge in [-0.25, -0.2) is 0 Å². The van der Waals surface area contributed by atoms with Crippen molar-refractivity contribution >= 4 is 17.3 Å². The van der Waals surface area contributed by atoms with Gasteiger partial charge in [0.05, 0.1) is 10.5 Å². The summed E-state index contributed by atoms with van der Waals surface area (Å²) in [5, 5.41) is 28.5. The van der Waals surface area contributed by atoms with Gasteiger partial charge < -0.3 is 4.57 Å². The van der Waals surface area contributed by atoms with Crippen molar-refractivity contribution < 1.29 is 4.92 Å². The van der Waals surface area contributed by atoms with E-state index in [2.05, 4.69) is 16.3 Å². The van der Waals surface area contributed by atoms with Gasteiger partial charge in [0, 0.05) is 24.7 Å². The first kappa shape index (κ1) is 16.1. The quantitative estimate of drug-likeness (QED) is 0.414. The molecule has 122 valence electrons. The number of rotatable bonds is 4. The Labute approximate surface area is 143 Å². The van der Waals surface area contributed by atoms with Gasteiger partial charge in [-0.05, 0) is 23.8 Å². The summed E-state index contributed by atoms with van der Waals surface area (Å²) in [6, 6.07) is 17.6. The predicted molar refractivity (Wildman–Crippen MR) is 93.0 cm³/mol. The lowest BCUT2D eigenvalue weighted by Gasteiger charge is -2.03. The molecular weight excluding hydrogens is 318 g/mol. The van der Waals surface area contributed by atoms with Crippen molar-refractivity contribution in [1.29, 1.82) is 5.26 Å². The predicted octanol–water partition coefficient (Wildman–Crippen LogP) is 3.45. The average Bonchev–Trinajstić information content (AvgIpc) is 3.02. The van der Waals surface area contributed by atoms with Crippen LogP contribution in [0.2, 0.25) is 0 Å². The first-order valence-electron chi connectivity index (χ1n) is 7.41. The number of non-ortho nitro benzene ring substituents is 1. The van der Waals surface area contributed by atoms with E-state index in [9.17, 15) is 15.4 Å². The van der Waals surface area contributed by atoms with Gasteiger partial charge >= 0.3 is 0 Å². The van der Waals surface area contributed by atoms with Crippen LogP contribution in [-0.4, -0.2) is 19.7 Å². The number of hydrogen-bond donors (Lipinski definition) is 0. The molecule has 7 heteroatoms. The van der Waals surface area contributed by atoms with Gasteiger partial charge in [0.25, 0.3) is 5.69 Å². The van der Waals surface area contributed by atoms with E-state index < -0.39 is 4.92 Å². The third-order valence-electron chi connectivity index (χ3n) is 3.68. The van der Waals surface area contributed by atoms with E-state index in [1.165, 1.54) is 12.1 Å². The van der Waals surface area contributed by atoms with E-state index in [1.54, 1.807) is 29.8 Å². The van der Waals surface area contributed by atoms with Crippen LogP contribution in [0.15, 0.2) is 54.6 Å². The molecule has 0 atom stereocenters. The maximum absolute atomic E-state index is 10.7. The zero-order valence-electron chi connectivity index (χ0n) is 13.3. The molecular formula is C18H13N5O2. The summed E-state index contributed by atoms with van der Waals surface area (Å²) in [6.07, 6.45) is 1.63. The Hall–Kier alpha value is -3.79. The van der Waals surface area contributed by atoms with Crippen LogP contribution in [0.5, 0.6) is 0 Å². The minimum absolute atomic E-state index is 0.000629. The summed E-state index contributed by atoms with van der Waals surface area (Å²) in [7, 11) is 1.79. The van der Waals surface area contributed by atoms with Crippen molar-refractivity contribution in [3.63, 3.8) is 0 Å². The average molecular weight is 331 g/mol. The van der Waals surface area contributed by atoms with Gasteiger partial charge in [-0.2, -0.15) is 5.26 Å². The highest BCUT2D eigenvalue weighted by molar-refractivity contribution is 5.87. The second-order valence-electron chi connectivity index (χ2n) is 5.29. The Morgan fingerprint density at radius 1 is 1.16 bits per heavy atom. The molecule has 0 fully saturated rings. The highest BCUT2D eigenvalue weighted by Gasteiger charge is 2.14. The van der Waals surface area contributed by atoms with Gasteiger partial charge in [0.1, 0.15) is 6.07 Å². The summed E-state index contributed by atoms with van der Waals surface area (Å²) < 4.78 is 1.75. The number of nitriles is 1. The van der Waals surface area contributed by atoms with Crippen LogP contribution in [-0.2, 0) is 7.05 Å². The number of aromatic nitrogens is 3. The monoisotopic (exact) mass is 331 g/mol. The largest absolute Gasteiger partial charge is 0.310 e. The van der Waals surface area contributed by atoms with E-state index in [0.29, 0.717) is 22.8 Å². The maximum Gasteiger partial charge on any atom is 0.269 e. The highest BCUT2D eigenvalue weighted by atomic mass is 16.6. The van der Waals surface area contributed by atoms with Crippen molar-refractivity contribution in [2.75, 3.05) is 0 Å². The van der Waals surface area contributed by atoms with Crippen LogP contribution >= 0.6 is 0 Å². The molecule has 0 saturated carbocycles. The molecule has 0 aliphatic rings. The van der Waals surface area contributed by atoms with Crippen molar-refractivity contribution in [3.8, 4) is 17.5 Å². The Kier molecular flexibility index (Phi) is 4.35. The van der Waals surface area contributed by atoms with Gasteiger partial charge in [-0.15, -0.1) is 10.2 Å². The fraction of sp³-hybridized carbons (Fsp3) is 0.0556. The lowest BCUT2D eigenvalue weighted by molar-refractivity contribution is -0.384. The van der Waals surface area contributed by atoms with Crippen LogP contribution in [0.1, 0.15) is 11.4 Å². The van der Waals surface area contributed by atoms with E-state index in [-0.39, 0.29) is 5.69 Å². The maximum atomic E-state index is 10.7. The molecule has 2 aromatic carbocycles. The van der Waals surface area contributed by atoms with Crippen molar-refractivity contribution in [3.05, 3.63) is 76.1 Å². The van der Waals surface area contributed by atoms with Crippen LogP contribution in [0.4, 0.5) is 5.69 Å². The normalized spacial score (nSPS) is 11.1. The van der Waals surface area contributed by atoms with Crippen molar-refractivity contribution in [1.82, 2.24) is 14.8 Å². The number of nitro benzene ring substituents is 1. The third-order valence-corrected chi connectivity index (χ3v) is 3.68. The van der Waals surface area contributed by atoms with Crippen molar-refractivity contribution in [2.45, 2.75) is 0 Å². The molecule has 0 unspecified atom stereocenters. The number of hydrogen-bond acceptors (Lipinski definition) is 5. The molecule has 0 spiro atoms. The molecule has 0 bridgehead atoms. The van der Waals surface area contributed by atoms with Crippen LogP contribution in [0, 0.1) is 21.4 Å².